The second-order valence-electron chi connectivity index (χ2n) is 3.84. The van der Waals surface area contributed by atoms with E-state index in [4.69, 9.17) is 10.00 Å². The lowest BCUT2D eigenvalue weighted by Crippen LogP contribution is -2.23. The molecule has 0 spiro atoms. The summed E-state index contributed by atoms with van der Waals surface area (Å²) in [5.74, 6) is 1.33. The Kier molecular flexibility index (Phi) is 4.70. The van der Waals surface area contributed by atoms with E-state index >= 15 is 0 Å². The summed E-state index contributed by atoms with van der Waals surface area (Å²) < 4.78 is 5.51. The molecule has 1 heterocycles. The maximum atomic E-state index is 8.90. The van der Waals surface area contributed by atoms with Crippen LogP contribution in [0.15, 0.2) is 6.07 Å². The molecule has 0 N–H and O–H groups in total. The van der Waals surface area contributed by atoms with Gasteiger partial charge in [0, 0.05) is 19.2 Å². The highest BCUT2D eigenvalue weighted by atomic mass is 16.5. The molecule has 0 saturated heterocycles. The van der Waals surface area contributed by atoms with Gasteiger partial charge in [-0.1, -0.05) is 0 Å². The Morgan fingerprint density at radius 2 is 2.00 bits per heavy atom. The number of ether oxygens (including phenoxy) is 1. The third kappa shape index (κ3) is 3.59. The minimum absolute atomic E-state index is 0.0287. The van der Waals surface area contributed by atoms with E-state index in [0.717, 1.165) is 18.9 Å². The first-order valence-electron chi connectivity index (χ1n) is 5.81. The van der Waals surface area contributed by atoms with Crippen LogP contribution in [0.3, 0.4) is 0 Å². The molecular formula is C12H18N4O. The van der Waals surface area contributed by atoms with E-state index < -0.39 is 0 Å². The fraction of sp³-hybridized carbons (Fsp3) is 0.583. The van der Waals surface area contributed by atoms with Crippen LogP contribution in [0.5, 0.6) is 5.88 Å². The Morgan fingerprint density at radius 1 is 1.35 bits per heavy atom. The maximum Gasteiger partial charge on any atom is 0.237 e. The normalized spacial score (nSPS) is 10.1. The van der Waals surface area contributed by atoms with Gasteiger partial charge in [-0.15, -0.1) is 0 Å². The predicted molar refractivity (Wildman–Crippen MR) is 66.1 cm³/mol. The zero-order valence-electron chi connectivity index (χ0n) is 10.8. The Labute approximate surface area is 102 Å². The van der Waals surface area contributed by atoms with Crippen LogP contribution in [0.2, 0.25) is 0 Å². The summed E-state index contributed by atoms with van der Waals surface area (Å²) in [6, 6.07) is 3.73. The third-order valence-electron chi connectivity index (χ3n) is 2.23. The van der Waals surface area contributed by atoms with Crippen LogP contribution in [0.4, 0.5) is 5.82 Å². The number of nitriles is 1. The highest BCUT2D eigenvalue weighted by molar-refractivity contribution is 5.43. The van der Waals surface area contributed by atoms with Crippen LogP contribution in [0.1, 0.15) is 33.5 Å². The van der Waals surface area contributed by atoms with Crippen LogP contribution in [-0.2, 0) is 0 Å². The fourth-order valence-corrected chi connectivity index (χ4v) is 1.47. The highest BCUT2D eigenvalue weighted by Gasteiger charge is 2.10. The average molecular weight is 234 g/mol. The van der Waals surface area contributed by atoms with E-state index in [-0.39, 0.29) is 11.9 Å². The van der Waals surface area contributed by atoms with E-state index in [2.05, 4.69) is 14.9 Å². The maximum absolute atomic E-state index is 8.90. The Balaban J connectivity index is 3.09. The van der Waals surface area contributed by atoms with Crippen molar-refractivity contribution in [3.8, 4) is 11.9 Å². The van der Waals surface area contributed by atoms with Crippen molar-refractivity contribution in [1.29, 1.82) is 5.26 Å². The summed E-state index contributed by atoms with van der Waals surface area (Å²) in [6.45, 7) is 9.59. The third-order valence-corrected chi connectivity index (χ3v) is 2.23. The zero-order valence-corrected chi connectivity index (χ0v) is 10.8. The number of aromatic nitrogens is 2. The van der Waals surface area contributed by atoms with E-state index in [1.165, 1.54) is 0 Å². The average Bonchev–Trinajstić information content (AvgIpc) is 2.29. The molecule has 0 unspecified atom stereocenters. The Bertz CT molecular complexity index is 407. The van der Waals surface area contributed by atoms with Crippen molar-refractivity contribution in [1.82, 2.24) is 9.97 Å². The van der Waals surface area contributed by atoms with Crippen LogP contribution >= 0.6 is 0 Å². The summed E-state index contributed by atoms with van der Waals surface area (Å²) in [5.41, 5.74) is 0. The van der Waals surface area contributed by atoms with Crippen LogP contribution < -0.4 is 9.64 Å². The molecule has 92 valence electrons. The first-order chi connectivity index (χ1) is 8.10. The molecule has 0 amide bonds. The van der Waals surface area contributed by atoms with Gasteiger partial charge in [-0.05, 0) is 27.7 Å². The molecule has 5 nitrogen and oxygen atoms in total. The van der Waals surface area contributed by atoms with Gasteiger partial charge in [0.15, 0.2) is 0 Å². The molecule has 0 saturated carbocycles. The van der Waals surface area contributed by atoms with E-state index in [9.17, 15) is 0 Å². The van der Waals surface area contributed by atoms with Crippen molar-refractivity contribution in [2.45, 2.75) is 33.8 Å². The fourth-order valence-electron chi connectivity index (χ4n) is 1.47. The van der Waals surface area contributed by atoms with Crippen molar-refractivity contribution in [3.05, 3.63) is 11.9 Å². The van der Waals surface area contributed by atoms with Gasteiger partial charge in [-0.2, -0.15) is 10.2 Å². The van der Waals surface area contributed by atoms with Crippen LogP contribution in [0.25, 0.3) is 0 Å². The number of rotatable bonds is 5. The van der Waals surface area contributed by atoms with E-state index in [1.54, 1.807) is 6.07 Å². The predicted octanol–water partition coefficient (Wildman–Crippen LogP) is 1.98. The molecule has 0 bridgehead atoms. The van der Waals surface area contributed by atoms with Gasteiger partial charge in [-0.25, -0.2) is 4.98 Å². The number of nitrogens with zero attached hydrogens (tertiary/aromatic N) is 4. The zero-order chi connectivity index (χ0) is 12.8. The molecule has 0 radical (unpaired) electrons. The van der Waals surface area contributed by atoms with Crippen LogP contribution in [0, 0.1) is 11.3 Å². The molecule has 0 aliphatic rings. The second-order valence-corrected chi connectivity index (χ2v) is 3.84. The van der Waals surface area contributed by atoms with Crippen molar-refractivity contribution < 1.29 is 4.74 Å². The smallest absolute Gasteiger partial charge is 0.237 e. The Hall–Kier alpha value is -1.83. The first kappa shape index (κ1) is 13.2. The Morgan fingerprint density at radius 3 is 2.47 bits per heavy atom. The molecule has 0 aliphatic carbocycles. The summed E-state index contributed by atoms with van der Waals surface area (Å²) in [6.07, 6.45) is 0.0287. The molecule has 17 heavy (non-hydrogen) atoms. The van der Waals surface area contributed by atoms with Crippen LogP contribution in [-0.4, -0.2) is 29.2 Å². The molecule has 1 aromatic rings. The highest BCUT2D eigenvalue weighted by Crippen LogP contribution is 2.18. The van der Waals surface area contributed by atoms with Gasteiger partial charge in [0.05, 0.1) is 6.10 Å². The summed E-state index contributed by atoms with van der Waals surface area (Å²) >= 11 is 0. The van der Waals surface area contributed by atoms with Crippen molar-refractivity contribution in [3.63, 3.8) is 0 Å². The van der Waals surface area contributed by atoms with Gasteiger partial charge in [0.1, 0.15) is 11.9 Å². The first-order valence-corrected chi connectivity index (χ1v) is 5.81. The molecule has 1 aromatic heterocycles. The SMILES string of the molecule is CCN(CC)c1cc(OC(C)C)nc(C#N)n1. The second kappa shape index (κ2) is 6.04. The minimum Gasteiger partial charge on any atom is -0.475 e. The van der Waals surface area contributed by atoms with Crippen molar-refractivity contribution in [2.24, 2.45) is 0 Å². The standard InChI is InChI=1S/C12H18N4O/c1-5-16(6-2)11-7-12(17-9(3)4)15-10(8-13)14-11/h7,9H,5-6H2,1-4H3. The van der Waals surface area contributed by atoms with Gasteiger partial charge in [0.2, 0.25) is 11.7 Å². The largest absolute Gasteiger partial charge is 0.475 e. The lowest BCUT2D eigenvalue weighted by atomic mass is 10.4. The number of hydrogen-bond acceptors (Lipinski definition) is 5. The molecule has 0 aromatic carbocycles. The van der Waals surface area contributed by atoms with Crippen molar-refractivity contribution >= 4 is 5.82 Å². The minimum atomic E-state index is 0.0287. The molecule has 0 fully saturated rings. The molecular weight excluding hydrogens is 216 g/mol. The van der Waals surface area contributed by atoms with E-state index in [1.807, 2.05) is 33.8 Å². The lowest BCUT2D eigenvalue weighted by molar-refractivity contribution is 0.232. The lowest BCUT2D eigenvalue weighted by Gasteiger charge is -2.20. The van der Waals surface area contributed by atoms with Gasteiger partial charge in [0.25, 0.3) is 0 Å². The topological polar surface area (TPSA) is 62.0 Å². The summed E-state index contributed by atoms with van der Waals surface area (Å²) in [7, 11) is 0. The molecule has 1 rings (SSSR count). The molecule has 0 aliphatic heterocycles. The van der Waals surface area contributed by atoms with Gasteiger partial charge in [-0.3, -0.25) is 0 Å². The number of hydrogen-bond donors (Lipinski definition) is 0. The van der Waals surface area contributed by atoms with Gasteiger partial charge < -0.3 is 9.64 Å². The number of anilines is 1. The summed E-state index contributed by atoms with van der Waals surface area (Å²) in [4.78, 5) is 10.2. The van der Waals surface area contributed by atoms with Gasteiger partial charge >= 0.3 is 0 Å². The quantitative estimate of drug-likeness (QED) is 0.779. The molecule has 0 atom stereocenters. The monoisotopic (exact) mass is 234 g/mol. The van der Waals surface area contributed by atoms with Crippen molar-refractivity contribution in [2.75, 3.05) is 18.0 Å². The molecule has 5 heteroatoms. The summed E-state index contributed by atoms with van der Waals surface area (Å²) in [5, 5.41) is 8.90. The van der Waals surface area contributed by atoms with E-state index in [0.29, 0.717) is 5.88 Å².